The van der Waals surface area contributed by atoms with Crippen LogP contribution in [0.4, 0.5) is 5.13 Å². The molecule has 8 heteroatoms. The fourth-order valence-electron chi connectivity index (χ4n) is 3.37. The van der Waals surface area contributed by atoms with Gasteiger partial charge in [-0.15, -0.1) is 11.8 Å². The number of anilines is 1. The van der Waals surface area contributed by atoms with Crippen LogP contribution in [0.5, 0.6) is 5.75 Å². The van der Waals surface area contributed by atoms with E-state index in [1.807, 2.05) is 30.3 Å². The number of rotatable bonds is 8. The molecule has 0 bridgehead atoms. The summed E-state index contributed by atoms with van der Waals surface area (Å²) in [5.41, 5.74) is 2.39. The van der Waals surface area contributed by atoms with Gasteiger partial charge in [-0.05, 0) is 42.0 Å². The predicted molar refractivity (Wildman–Crippen MR) is 138 cm³/mol. The number of thiazole rings is 1. The third-order valence-electron chi connectivity index (χ3n) is 4.90. The van der Waals surface area contributed by atoms with Gasteiger partial charge in [-0.3, -0.25) is 14.7 Å². The number of pyridine rings is 1. The molecule has 2 aromatic heterocycles. The van der Waals surface area contributed by atoms with Crippen LogP contribution in [0.25, 0.3) is 10.2 Å². The van der Waals surface area contributed by atoms with Crippen molar-refractivity contribution in [3.63, 3.8) is 0 Å². The van der Waals surface area contributed by atoms with Crippen molar-refractivity contribution in [1.29, 1.82) is 0 Å². The lowest BCUT2D eigenvalue weighted by molar-refractivity contribution is -0.118. The number of amides is 1. The summed E-state index contributed by atoms with van der Waals surface area (Å²) in [6.45, 7) is 4.65. The van der Waals surface area contributed by atoms with Crippen LogP contribution < -0.4 is 9.64 Å². The first-order valence-electron chi connectivity index (χ1n) is 10.5. The average Bonchev–Trinajstić information content (AvgIpc) is 3.25. The lowest BCUT2D eigenvalue weighted by Gasteiger charge is -2.19. The largest absolute Gasteiger partial charge is 0.494 e. The van der Waals surface area contributed by atoms with Gasteiger partial charge < -0.3 is 4.74 Å². The minimum absolute atomic E-state index is 0.0564. The van der Waals surface area contributed by atoms with Gasteiger partial charge in [-0.2, -0.15) is 0 Å². The van der Waals surface area contributed by atoms with E-state index in [1.165, 1.54) is 16.2 Å². The smallest absolute Gasteiger partial charge is 0.233 e. The van der Waals surface area contributed by atoms with Crippen LogP contribution in [0.3, 0.4) is 0 Å². The number of ether oxygens (including phenoxy) is 1. The van der Waals surface area contributed by atoms with E-state index in [2.05, 4.69) is 31.0 Å². The summed E-state index contributed by atoms with van der Waals surface area (Å²) in [7, 11) is 1.60. The second kappa shape index (κ2) is 10.5. The van der Waals surface area contributed by atoms with Gasteiger partial charge in [0.05, 0.1) is 35.5 Å². The van der Waals surface area contributed by atoms with Crippen molar-refractivity contribution in [2.24, 2.45) is 0 Å². The Bertz CT molecular complexity index is 1240. The zero-order valence-corrected chi connectivity index (χ0v) is 21.0. The van der Waals surface area contributed by atoms with Crippen LogP contribution in [0.15, 0.2) is 65.7 Å². The number of thioether (sulfide) groups is 1. The van der Waals surface area contributed by atoms with Crippen molar-refractivity contribution in [2.45, 2.75) is 37.0 Å². The Balaban J connectivity index is 1.66. The number of carbonyl (C=O) groups excluding carboxylic acids is 1. The van der Waals surface area contributed by atoms with Crippen molar-refractivity contribution in [3.8, 4) is 5.75 Å². The van der Waals surface area contributed by atoms with Gasteiger partial charge in [-0.1, -0.05) is 55.0 Å². The molecule has 4 aromatic rings. The SMILES string of the molecule is COc1ccc(Cl)c2sc(N(Cc3ccccn3)C(=O)Cc3ccc(SC(C)C)cc3)nc12. The third-order valence-corrected chi connectivity index (χ3v) is 7.45. The number of aromatic nitrogens is 2. The Labute approximate surface area is 206 Å². The number of methoxy groups -OCH3 is 1. The van der Waals surface area contributed by atoms with E-state index in [9.17, 15) is 4.79 Å². The van der Waals surface area contributed by atoms with Crippen molar-refractivity contribution < 1.29 is 9.53 Å². The molecular weight excluding hydrogens is 474 g/mol. The van der Waals surface area contributed by atoms with Gasteiger partial charge in [0.1, 0.15) is 11.3 Å². The first-order chi connectivity index (χ1) is 15.9. The second-order valence-electron chi connectivity index (χ2n) is 7.71. The molecule has 0 fully saturated rings. The van der Waals surface area contributed by atoms with E-state index in [1.54, 1.807) is 42.1 Å². The zero-order valence-electron chi connectivity index (χ0n) is 18.6. The highest BCUT2D eigenvalue weighted by Crippen LogP contribution is 2.39. The molecule has 5 nitrogen and oxygen atoms in total. The molecule has 0 aliphatic rings. The number of carbonyl (C=O) groups is 1. The molecule has 2 heterocycles. The molecular formula is C25H24ClN3O2S2. The molecule has 0 aliphatic carbocycles. The third kappa shape index (κ3) is 5.66. The van der Waals surface area contributed by atoms with Crippen LogP contribution in [-0.4, -0.2) is 28.2 Å². The van der Waals surface area contributed by atoms with E-state index in [0.717, 1.165) is 16.0 Å². The summed E-state index contributed by atoms with van der Waals surface area (Å²) in [5, 5.41) is 1.66. The number of hydrogen-bond acceptors (Lipinski definition) is 6. The number of nitrogens with zero attached hydrogens (tertiary/aromatic N) is 3. The van der Waals surface area contributed by atoms with E-state index in [4.69, 9.17) is 21.3 Å². The Morgan fingerprint density at radius 3 is 2.61 bits per heavy atom. The highest BCUT2D eigenvalue weighted by Gasteiger charge is 2.23. The molecule has 0 spiro atoms. The van der Waals surface area contributed by atoms with Gasteiger partial charge in [0, 0.05) is 16.3 Å². The van der Waals surface area contributed by atoms with E-state index < -0.39 is 0 Å². The van der Waals surface area contributed by atoms with E-state index in [-0.39, 0.29) is 12.3 Å². The molecule has 0 aliphatic heterocycles. The Morgan fingerprint density at radius 2 is 1.94 bits per heavy atom. The second-order valence-corrected chi connectivity index (χ2v) is 10.7. The van der Waals surface area contributed by atoms with Crippen LogP contribution in [0.2, 0.25) is 5.02 Å². The highest BCUT2D eigenvalue weighted by atomic mass is 35.5. The minimum atomic E-state index is -0.0564. The quantitative estimate of drug-likeness (QED) is 0.256. The minimum Gasteiger partial charge on any atom is -0.494 e. The predicted octanol–water partition coefficient (Wildman–Crippen LogP) is 6.63. The van der Waals surface area contributed by atoms with Gasteiger partial charge >= 0.3 is 0 Å². The first-order valence-corrected chi connectivity index (χ1v) is 12.6. The molecule has 2 aromatic carbocycles. The molecule has 0 saturated heterocycles. The lowest BCUT2D eigenvalue weighted by Crippen LogP contribution is -2.32. The molecule has 33 heavy (non-hydrogen) atoms. The topological polar surface area (TPSA) is 55.3 Å². The fourth-order valence-corrected chi connectivity index (χ4v) is 5.48. The van der Waals surface area contributed by atoms with Gasteiger partial charge in [-0.25, -0.2) is 4.98 Å². The summed E-state index contributed by atoms with van der Waals surface area (Å²) in [6.07, 6.45) is 1.99. The summed E-state index contributed by atoms with van der Waals surface area (Å²) in [5.74, 6) is 0.569. The van der Waals surface area contributed by atoms with E-state index in [0.29, 0.717) is 33.2 Å². The van der Waals surface area contributed by atoms with Crippen molar-refractivity contribution in [2.75, 3.05) is 12.0 Å². The number of halogens is 1. The monoisotopic (exact) mass is 497 g/mol. The molecule has 1 amide bonds. The maximum Gasteiger partial charge on any atom is 0.233 e. The average molecular weight is 498 g/mol. The summed E-state index contributed by atoms with van der Waals surface area (Å²) in [6, 6.07) is 17.4. The van der Waals surface area contributed by atoms with Crippen molar-refractivity contribution in [3.05, 3.63) is 77.1 Å². The van der Waals surface area contributed by atoms with E-state index >= 15 is 0 Å². The zero-order chi connectivity index (χ0) is 23.4. The van der Waals surface area contributed by atoms with Gasteiger partial charge in [0.15, 0.2) is 5.13 Å². The first kappa shape index (κ1) is 23.5. The van der Waals surface area contributed by atoms with Gasteiger partial charge in [0.25, 0.3) is 0 Å². The lowest BCUT2D eigenvalue weighted by atomic mass is 10.1. The van der Waals surface area contributed by atoms with Crippen LogP contribution in [0, 0.1) is 0 Å². The molecule has 0 atom stereocenters. The van der Waals surface area contributed by atoms with Crippen molar-refractivity contribution in [1.82, 2.24) is 9.97 Å². The summed E-state index contributed by atoms with van der Waals surface area (Å²) >= 11 is 9.60. The molecule has 0 radical (unpaired) electrons. The van der Waals surface area contributed by atoms with Crippen LogP contribution in [-0.2, 0) is 17.8 Å². The maximum atomic E-state index is 13.5. The number of hydrogen-bond donors (Lipinski definition) is 0. The number of fused-ring (bicyclic) bond motifs is 1. The molecule has 0 saturated carbocycles. The van der Waals surface area contributed by atoms with Gasteiger partial charge in [0.2, 0.25) is 5.91 Å². The Hall–Kier alpha value is -2.61. The Kier molecular flexibility index (Phi) is 7.53. The fraction of sp³-hybridized carbons (Fsp3) is 0.240. The van der Waals surface area contributed by atoms with Crippen molar-refractivity contribution >= 4 is 56.0 Å². The Morgan fingerprint density at radius 1 is 1.15 bits per heavy atom. The summed E-state index contributed by atoms with van der Waals surface area (Å²) < 4.78 is 6.25. The normalized spacial score (nSPS) is 11.2. The molecule has 0 unspecified atom stereocenters. The molecule has 170 valence electrons. The highest BCUT2D eigenvalue weighted by molar-refractivity contribution is 7.99. The summed E-state index contributed by atoms with van der Waals surface area (Å²) in [4.78, 5) is 25.5. The van der Waals surface area contributed by atoms with Crippen LogP contribution in [0.1, 0.15) is 25.1 Å². The maximum absolute atomic E-state index is 13.5. The standard InChI is InChI=1S/C25H24ClN3O2S2/c1-16(2)32-19-9-7-17(8-10-19)14-22(30)29(15-18-6-4-5-13-27-18)25-28-23-21(31-3)12-11-20(26)24(23)33-25/h4-13,16H,14-15H2,1-3H3. The molecule has 4 rings (SSSR count). The molecule has 0 N–H and O–H groups in total. The van der Waals surface area contributed by atoms with Crippen LogP contribution >= 0.6 is 34.7 Å². The number of benzene rings is 2.